The Morgan fingerprint density at radius 1 is 1.35 bits per heavy atom. The molecule has 1 fully saturated rings. The molecule has 6 heteroatoms. The Morgan fingerprint density at radius 3 is 2.70 bits per heavy atom. The van der Waals surface area contributed by atoms with E-state index in [0.29, 0.717) is 24.7 Å². The van der Waals surface area contributed by atoms with E-state index in [4.69, 9.17) is 15.0 Å². The highest BCUT2D eigenvalue weighted by Crippen LogP contribution is 2.32. The smallest absolute Gasteiger partial charge is 0.306 e. The van der Waals surface area contributed by atoms with E-state index in [1.807, 2.05) is 0 Å². The van der Waals surface area contributed by atoms with E-state index in [-0.39, 0.29) is 12.4 Å². The van der Waals surface area contributed by atoms with Gasteiger partial charge in [0.25, 0.3) is 0 Å². The molecule has 20 heavy (non-hydrogen) atoms. The van der Waals surface area contributed by atoms with Crippen molar-refractivity contribution in [1.82, 2.24) is 10.1 Å². The summed E-state index contributed by atoms with van der Waals surface area (Å²) < 4.78 is 10.1. The monoisotopic (exact) mass is 281 g/mol. The van der Waals surface area contributed by atoms with Gasteiger partial charge in [-0.3, -0.25) is 4.79 Å². The van der Waals surface area contributed by atoms with Gasteiger partial charge < -0.3 is 15.0 Å². The zero-order valence-electron chi connectivity index (χ0n) is 12.1. The maximum absolute atomic E-state index is 11.3. The lowest BCUT2D eigenvalue weighted by molar-refractivity contribution is -0.143. The van der Waals surface area contributed by atoms with E-state index >= 15 is 0 Å². The van der Waals surface area contributed by atoms with Crippen LogP contribution in [0, 0.1) is 0 Å². The normalized spacial score (nSPS) is 18.5. The first-order valence-corrected chi connectivity index (χ1v) is 7.41. The number of hydrogen-bond acceptors (Lipinski definition) is 6. The molecule has 0 bridgehead atoms. The van der Waals surface area contributed by atoms with E-state index in [0.717, 1.165) is 25.7 Å². The maximum Gasteiger partial charge on any atom is 0.306 e. The van der Waals surface area contributed by atoms with Gasteiger partial charge in [-0.05, 0) is 19.8 Å². The summed E-state index contributed by atoms with van der Waals surface area (Å²) in [7, 11) is 0. The predicted molar refractivity (Wildman–Crippen MR) is 72.8 cm³/mol. The van der Waals surface area contributed by atoms with Crippen LogP contribution in [0.3, 0.4) is 0 Å². The summed E-state index contributed by atoms with van der Waals surface area (Å²) in [4.78, 5) is 15.7. The van der Waals surface area contributed by atoms with Crippen LogP contribution in [0.5, 0.6) is 0 Å². The Bertz CT molecular complexity index is 437. The molecule has 0 aromatic carbocycles. The number of hydrogen-bond donors (Lipinski definition) is 1. The molecule has 0 amide bonds. The molecular formula is C14H23N3O3. The van der Waals surface area contributed by atoms with Gasteiger partial charge in [0.05, 0.1) is 18.6 Å². The van der Waals surface area contributed by atoms with E-state index in [1.54, 1.807) is 6.92 Å². The molecule has 2 N–H and O–H groups in total. The fraction of sp³-hybridized carbons (Fsp3) is 0.786. The third-order valence-corrected chi connectivity index (χ3v) is 3.76. The molecule has 0 radical (unpaired) electrons. The minimum Gasteiger partial charge on any atom is -0.466 e. The number of carbonyl (C=O) groups is 1. The molecule has 2 rings (SSSR count). The number of nitrogens with two attached hydrogens (primary N) is 1. The van der Waals surface area contributed by atoms with Crippen molar-refractivity contribution in [1.29, 1.82) is 0 Å². The van der Waals surface area contributed by atoms with Gasteiger partial charge >= 0.3 is 5.97 Å². The fourth-order valence-corrected chi connectivity index (χ4v) is 2.58. The summed E-state index contributed by atoms with van der Waals surface area (Å²) in [5.74, 6) is 0.796. The van der Waals surface area contributed by atoms with Crippen molar-refractivity contribution in [2.45, 2.75) is 63.8 Å². The van der Waals surface area contributed by atoms with Gasteiger partial charge in [0.15, 0.2) is 5.82 Å². The van der Waals surface area contributed by atoms with Crippen molar-refractivity contribution in [3.8, 4) is 0 Å². The molecule has 0 atom stereocenters. The lowest BCUT2D eigenvalue weighted by Crippen LogP contribution is -2.37. The second kappa shape index (κ2) is 6.83. The molecule has 112 valence electrons. The van der Waals surface area contributed by atoms with Crippen LogP contribution in [-0.2, 0) is 21.5 Å². The molecule has 1 aliphatic carbocycles. The van der Waals surface area contributed by atoms with E-state index in [9.17, 15) is 4.79 Å². The standard InChI is InChI=1S/C14H23N3O3/c1-2-19-12(18)8-7-11-16-13(17-20-11)14(15)9-5-3-4-6-10-14/h2-10,15H2,1H3. The molecule has 6 nitrogen and oxygen atoms in total. The van der Waals surface area contributed by atoms with E-state index in [2.05, 4.69) is 10.1 Å². The fourth-order valence-electron chi connectivity index (χ4n) is 2.58. The van der Waals surface area contributed by atoms with Crippen molar-refractivity contribution in [2.24, 2.45) is 5.73 Å². The summed E-state index contributed by atoms with van der Waals surface area (Å²) in [6, 6.07) is 0. The number of nitrogens with zero attached hydrogens (tertiary/aromatic N) is 2. The summed E-state index contributed by atoms with van der Waals surface area (Å²) in [6.45, 7) is 2.17. The van der Waals surface area contributed by atoms with Crippen molar-refractivity contribution in [3.05, 3.63) is 11.7 Å². The lowest BCUT2D eigenvalue weighted by Gasteiger charge is -2.23. The molecule has 0 spiro atoms. The van der Waals surface area contributed by atoms with Gasteiger partial charge in [-0.15, -0.1) is 0 Å². The Kier molecular flexibility index (Phi) is 5.11. The molecule has 1 heterocycles. The summed E-state index contributed by atoms with van der Waals surface area (Å²) in [6.07, 6.45) is 7.08. The van der Waals surface area contributed by atoms with Gasteiger partial charge in [-0.25, -0.2) is 0 Å². The summed E-state index contributed by atoms with van der Waals surface area (Å²) in [5.41, 5.74) is 5.95. The summed E-state index contributed by atoms with van der Waals surface area (Å²) >= 11 is 0. The number of ether oxygens (including phenoxy) is 1. The average molecular weight is 281 g/mol. The van der Waals surface area contributed by atoms with Gasteiger partial charge in [-0.1, -0.05) is 30.8 Å². The molecule has 1 aliphatic rings. The third kappa shape index (κ3) is 3.79. The third-order valence-electron chi connectivity index (χ3n) is 3.76. The van der Waals surface area contributed by atoms with Crippen molar-refractivity contribution in [3.63, 3.8) is 0 Å². The maximum atomic E-state index is 11.3. The van der Waals surface area contributed by atoms with Crippen molar-refractivity contribution < 1.29 is 14.1 Å². The van der Waals surface area contributed by atoms with Crippen molar-refractivity contribution in [2.75, 3.05) is 6.61 Å². The largest absolute Gasteiger partial charge is 0.466 e. The van der Waals surface area contributed by atoms with Gasteiger partial charge in [0.2, 0.25) is 5.89 Å². The highest BCUT2D eigenvalue weighted by Gasteiger charge is 2.33. The molecule has 0 saturated heterocycles. The summed E-state index contributed by atoms with van der Waals surface area (Å²) in [5, 5.41) is 4.01. The van der Waals surface area contributed by atoms with Gasteiger partial charge in [0.1, 0.15) is 0 Å². The first-order chi connectivity index (χ1) is 9.64. The van der Waals surface area contributed by atoms with Gasteiger partial charge in [-0.2, -0.15) is 4.98 Å². The Hall–Kier alpha value is -1.43. The predicted octanol–water partition coefficient (Wildman–Crippen LogP) is 2.07. The van der Waals surface area contributed by atoms with E-state index < -0.39 is 5.54 Å². The Morgan fingerprint density at radius 2 is 2.05 bits per heavy atom. The SMILES string of the molecule is CCOC(=O)CCc1nc(C2(N)CCCCCC2)no1. The van der Waals surface area contributed by atoms with Crippen LogP contribution < -0.4 is 5.73 Å². The van der Waals surface area contributed by atoms with Crippen LogP contribution in [0.15, 0.2) is 4.52 Å². The van der Waals surface area contributed by atoms with Gasteiger partial charge in [0, 0.05) is 6.42 Å². The second-order valence-corrected chi connectivity index (χ2v) is 5.39. The number of carbonyl (C=O) groups excluding carboxylic acids is 1. The molecule has 1 saturated carbocycles. The molecule has 0 aliphatic heterocycles. The van der Waals surface area contributed by atoms with Crippen LogP contribution in [0.2, 0.25) is 0 Å². The molecule has 0 unspecified atom stereocenters. The van der Waals surface area contributed by atoms with E-state index in [1.165, 1.54) is 12.8 Å². The van der Waals surface area contributed by atoms with Crippen LogP contribution >= 0.6 is 0 Å². The minimum absolute atomic E-state index is 0.246. The average Bonchev–Trinajstić information content (AvgIpc) is 2.80. The van der Waals surface area contributed by atoms with Crippen LogP contribution in [0.1, 0.15) is 63.6 Å². The minimum atomic E-state index is -0.470. The second-order valence-electron chi connectivity index (χ2n) is 5.39. The quantitative estimate of drug-likeness (QED) is 0.656. The van der Waals surface area contributed by atoms with Crippen molar-refractivity contribution >= 4 is 5.97 Å². The molecule has 1 aromatic heterocycles. The first-order valence-electron chi connectivity index (χ1n) is 7.41. The van der Waals surface area contributed by atoms with Crippen LogP contribution in [0.25, 0.3) is 0 Å². The molecule has 1 aromatic rings. The highest BCUT2D eigenvalue weighted by atomic mass is 16.5. The highest BCUT2D eigenvalue weighted by molar-refractivity contribution is 5.69. The lowest BCUT2D eigenvalue weighted by atomic mass is 9.91. The number of esters is 1. The zero-order valence-corrected chi connectivity index (χ0v) is 12.1. The van der Waals surface area contributed by atoms with Crippen LogP contribution in [0.4, 0.5) is 0 Å². The Labute approximate surface area is 119 Å². The Balaban J connectivity index is 1.95. The zero-order chi connectivity index (χ0) is 14.4. The number of aryl methyl sites for hydroxylation is 1. The number of aromatic nitrogens is 2. The van der Waals surface area contributed by atoms with Crippen LogP contribution in [-0.4, -0.2) is 22.7 Å². The first kappa shape index (κ1) is 15.0. The topological polar surface area (TPSA) is 91.2 Å². The number of rotatable bonds is 5. The molecular weight excluding hydrogens is 258 g/mol.